The van der Waals surface area contributed by atoms with Gasteiger partial charge in [-0.15, -0.1) is 0 Å². The molecule has 1 aromatic carbocycles. The van der Waals surface area contributed by atoms with Crippen LogP contribution in [0.5, 0.6) is 5.75 Å². The number of hydrogen-bond acceptors (Lipinski definition) is 3. The molecule has 19 heavy (non-hydrogen) atoms. The first-order valence-corrected chi connectivity index (χ1v) is 6.51. The molecule has 4 nitrogen and oxygen atoms in total. The number of methoxy groups -OCH3 is 1. The van der Waals surface area contributed by atoms with Gasteiger partial charge in [-0.2, -0.15) is 0 Å². The topological polar surface area (TPSA) is 64.3 Å². The van der Waals surface area contributed by atoms with Crippen molar-refractivity contribution in [3.05, 3.63) is 29.3 Å². The minimum atomic E-state index is -0.298. The molecular weight excluding hydrogens is 240 g/mol. The second kappa shape index (κ2) is 6.57. The summed E-state index contributed by atoms with van der Waals surface area (Å²) in [6.07, 6.45) is 1.14. The number of amides is 1. The van der Waals surface area contributed by atoms with Crippen molar-refractivity contribution in [2.24, 2.45) is 5.73 Å². The van der Waals surface area contributed by atoms with Crippen molar-refractivity contribution in [2.75, 3.05) is 7.11 Å². The van der Waals surface area contributed by atoms with Crippen LogP contribution in [0.2, 0.25) is 0 Å². The maximum absolute atomic E-state index is 11.7. The van der Waals surface area contributed by atoms with E-state index < -0.39 is 0 Å². The molecule has 3 N–H and O–H groups in total. The number of nitrogens with one attached hydrogen (secondary N) is 1. The molecule has 1 amide bonds. The predicted molar refractivity (Wildman–Crippen MR) is 77.1 cm³/mol. The molecule has 0 saturated carbocycles. The zero-order valence-corrected chi connectivity index (χ0v) is 12.2. The second-order valence-electron chi connectivity index (χ2n) is 5.57. The summed E-state index contributed by atoms with van der Waals surface area (Å²) >= 11 is 0. The molecule has 0 aliphatic carbocycles. The van der Waals surface area contributed by atoms with E-state index in [2.05, 4.69) is 5.32 Å². The minimum Gasteiger partial charge on any atom is -0.496 e. The number of carbonyl (C=O) groups is 1. The van der Waals surface area contributed by atoms with Crippen molar-refractivity contribution in [2.45, 2.75) is 45.7 Å². The smallest absolute Gasteiger partial charge is 0.220 e. The highest BCUT2D eigenvalue weighted by Crippen LogP contribution is 2.18. The predicted octanol–water partition coefficient (Wildman–Crippen LogP) is 2.14. The summed E-state index contributed by atoms with van der Waals surface area (Å²) < 4.78 is 5.20. The summed E-state index contributed by atoms with van der Waals surface area (Å²) in [6, 6.07) is 5.89. The third-order valence-electron chi connectivity index (χ3n) is 2.95. The van der Waals surface area contributed by atoms with Crippen LogP contribution in [-0.4, -0.2) is 18.6 Å². The average molecular weight is 264 g/mol. The molecule has 4 heteroatoms. The number of benzene rings is 1. The van der Waals surface area contributed by atoms with Gasteiger partial charge < -0.3 is 15.8 Å². The highest BCUT2D eigenvalue weighted by atomic mass is 16.5. The van der Waals surface area contributed by atoms with E-state index >= 15 is 0 Å². The monoisotopic (exact) mass is 264 g/mol. The van der Waals surface area contributed by atoms with E-state index in [-0.39, 0.29) is 11.4 Å². The van der Waals surface area contributed by atoms with E-state index in [1.807, 2.05) is 39.0 Å². The Morgan fingerprint density at radius 1 is 1.42 bits per heavy atom. The minimum absolute atomic E-state index is 0.0343. The standard InChI is InChI=1S/C15H24N2O2/c1-11-9-12(5-6-13(11)19-4)10-17-14(18)7-8-15(2,3)16/h5-6,9H,7-8,10,16H2,1-4H3,(H,17,18). The van der Waals surface area contributed by atoms with Crippen molar-refractivity contribution >= 4 is 5.91 Å². The Balaban J connectivity index is 2.44. The molecule has 0 aromatic heterocycles. The Bertz CT molecular complexity index is 436. The van der Waals surface area contributed by atoms with Crippen LogP contribution in [0.4, 0.5) is 0 Å². The van der Waals surface area contributed by atoms with Gasteiger partial charge in [0.05, 0.1) is 7.11 Å². The molecule has 1 rings (SSSR count). The summed E-state index contributed by atoms with van der Waals surface area (Å²) in [5, 5.41) is 2.90. The Labute approximate surface area is 115 Å². The van der Waals surface area contributed by atoms with Gasteiger partial charge >= 0.3 is 0 Å². The van der Waals surface area contributed by atoms with Crippen LogP contribution in [0.25, 0.3) is 0 Å². The third-order valence-corrected chi connectivity index (χ3v) is 2.95. The molecule has 0 saturated heterocycles. The first-order chi connectivity index (χ1) is 8.81. The van der Waals surface area contributed by atoms with Crippen molar-refractivity contribution < 1.29 is 9.53 Å². The fourth-order valence-corrected chi connectivity index (χ4v) is 1.78. The van der Waals surface area contributed by atoms with Gasteiger partial charge in [-0.3, -0.25) is 4.79 Å². The van der Waals surface area contributed by atoms with Gasteiger partial charge in [0.2, 0.25) is 5.91 Å². The van der Waals surface area contributed by atoms with E-state index in [1.54, 1.807) is 7.11 Å². The van der Waals surface area contributed by atoms with Crippen LogP contribution in [0.3, 0.4) is 0 Å². The van der Waals surface area contributed by atoms with Gasteiger partial charge in [-0.1, -0.05) is 12.1 Å². The van der Waals surface area contributed by atoms with Gasteiger partial charge in [0.25, 0.3) is 0 Å². The molecule has 0 radical (unpaired) electrons. The maximum atomic E-state index is 11.7. The number of ether oxygens (including phenoxy) is 1. The van der Waals surface area contributed by atoms with Crippen LogP contribution in [-0.2, 0) is 11.3 Å². The fraction of sp³-hybridized carbons (Fsp3) is 0.533. The lowest BCUT2D eigenvalue weighted by Gasteiger charge is -2.17. The lowest BCUT2D eigenvalue weighted by molar-refractivity contribution is -0.121. The van der Waals surface area contributed by atoms with E-state index in [4.69, 9.17) is 10.5 Å². The van der Waals surface area contributed by atoms with Gasteiger partial charge in [-0.25, -0.2) is 0 Å². The van der Waals surface area contributed by atoms with Gasteiger partial charge in [0, 0.05) is 18.5 Å². The molecule has 0 heterocycles. The molecule has 0 atom stereocenters. The van der Waals surface area contributed by atoms with Crippen LogP contribution < -0.4 is 15.8 Å². The Kier molecular flexibility index (Phi) is 5.36. The molecule has 0 spiro atoms. The lowest BCUT2D eigenvalue weighted by Crippen LogP contribution is -2.34. The summed E-state index contributed by atoms with van der Waals surface area (Å²) in [5.74, 6) is 0.895. The molecule has 0 unspecified atom stereocenters. The second-order valence-corrected chi connectivity index (χ2v) is 5.57. The summed E-state index contributed by atoms with van der Waals surface area (Å²) in [7, 11) is 1.65. The Morgan fingerprint density at radius 2 is 2.11 bits per heavy atom. The summed E-state index contributed by atoms with van der Waals surface area (Å²) in [6.45, 7) is 6.37. The molecule has 1 aromatic rings. The van der Waals surface area contributed by atoms with Crippen molar-refractivity contribution in [1.29, 1.82) is 0 Å². The van der Waals surface area contributed by atoms with E-state index in [1.165, 1.54) is 0 Å². The van der Waals surface area contributed by atoms with E-state index in [9.17, 15) is 4.79 Å². The number of nitrogens with two attached hydrogens (primary N) is 1. The molecule has 0 fully saturated rings. The van der Waals surface area contributed by atoms with Crippen LogP contribution in [0, 0.1) is 6.92 Å². The van der Waals surface area contributed by atoms with Gasteiger partial charge in [-0.05, 0) is 44.4 Å². The summed E-state index contributed by atoms with van der Waals surface area (Å²) in [4.78, 5) is 11.7. The average Bonchev–Trinajstić information content (AvgIpc) is 2.33. The van der Waals surface area contributed by atoms with Crippen molar-refractivity contribution in [1.82, 2.24) is 5.32 Å². The number of carbonyl (C=O) groups excluding carboxylic acids is 1. The Hall–Kier alpha value is -1.55. The number of hydrogen-bond donors (Lipinski definition) is 2. The zero-order chi connectivity index (χ0) is 14.5. The summed E-state index contributed by atoms with van der Waals surface area (Å²) in [5.41, 5.74) is 7.69. The molecule has 0 aliphatic heterocycles. The number of rotatable bonds is 6. The van der Waals surface area contributed by atoms with Crippen LogP contribution in [0.15, 0.2) is 18.2 Å². The van der Waals surface area contributed by atoms with Crippen molar-refractivity contribution in [3.8, 4) is 5.75 Å². The first-order valence-electron chi connectivity index (χ1n) is 6.51. The van der Waals surface area contributed by atoms with Gasteiger partial charge in [0.1, 0.15) is 5.75 Å². The largest absolute Gasteiger partial charge is 0.496 e. The molecular formula is C15H24N2O2. The maximum Gasteiger partial charge on any atom is 0.220 e. The fourth-order valence-electron chi connectivity index (χ4n) is 1.78. The highest BCUT2D eigenvalue weighted by Gasteiger charge is 2.13. The molecule has 106 valence electrons. The van der Waals surface area contributed by atoms with E-state index in [0.717, 1.165) is 16.9 Å². The number of aryl methyl sites for hydroxylation is 1. The first kappa shape index (κ1) is 15.5. The van der Waals surface area contributed by atoms with Crippen LogP contribution >= 0.6 is 0 Å². The zero-order valence-electron chi connectivity index (χ0n) is 12.2. The molecule has 0 aliphatic rings. The lowest BCUT2D eigenvalue weighted by atomic mass is 10.00. The quantitative estimate of drug-likeness (QED) is 0.827. The SMILES string of the molecule is COc1ccc(CNC(=O)CCC(C)(C)N)cc1C. The Morgan fingerprint density at radius 3 is 2.63 bits per heavy atom. The normalized spacial score (nSPS) is 11.2. The van der Waals surface area contributed by atoms with Crippen LogP contribution in [0.1, 0.15) is 37.8 Å². The van der Waals surface area contributed by atoms with Crippen molar-refractivity contribution in [3.63, 3.8) is 0 Å². The molecule has 0 bridgehead atoms. The highest BCUT2D eigenvalue weighted by molar-refractivity contribution is 5.75. The van der Waals surface area contributed by atoms with E-state index in [0.29, 0.717) is 19.4 Å². The van der Waals surface area contributed by atoms with Gasteiger partial charge in [0.15, 0.2) is 0 Å². The third kappa shape index (κ3) is 5.75.